The van der Waals surface area contributed by atoms with Gasteiger partial charge in [-0.2, -0.15) is 13.2 Å². The van der Waals surface area contributed by atoms with Gasteiger partial charge in [0.05, 0.1) is 12.0 Å². The van der Waals surface area contributed by atoms with Gasteiger partial charge in [0.25, 0.3) is 0 Å². The van der Waals surface area contributed by atoms with Crippen molar-refractivity contribution in [2.45, 2.75) is 26.1 Å². The summed E-state index contributed by atoms with van der Waals surface area (Å²) in [6.07, 6.45) is -4.40. The van der Waals surface area contributed by atoms with E-state index in [9.17, 15) is 22.4 Å². The highest BCUT2D eigenvalue weighted by molar-refractivity contribution is 5.78. The van der Waals surface area contributed by atoms with Gasteiger partial charge in [-0.25, -0.2) is 4.39 Å². The fourth-order valence-electron chi connectivity index (χ4n) is 2.08. The van der Waals surface area contributed by atoms with Crippen molar-refractivity contribution < 1.29 is 22.4 Å². The lowest BCUT2D eigenvalue weighted by atomic mass is 10.1. The molecule has 23 heavy (non-hydrogen) atoms. The van der Waals surface area contributed by atoms with Crippen LogP contribution in [0.1, 0.15) is 22.3 Å². The Morgan fingerprint density at radius 3 is 2.22 bits per heavy atom. The molecule has 0 fully saturated rings. The van der Waals surface area contributed by atoms with Gasteiger partial charge in [-0.15, -0.1) is 0 Å². The van der Waals surface area contributed by atoms with Gasteiger partial charge in [-0.1, -0.05) is 24.3 Å². The van der Waals surface area contributed by atoms with E-state index in [0.29, 0.717) is 11.1 Å². The number of carbonyl (C=O) groups is 1. The zero-order chi connectivity index (χ0) is 17.0. The molecular weight excluding hydrogens is 310 g/mol. The summed E-state index contributed by atoms with van der Waals surface area (Å²) in [6.45, 7) is 1.86. The van der Waals surface area contributed by atoms with Crippen LogP contribution < -0.4 is 5.32 Å². The van der Waals surface area contributed by atoms with Crippen molar-refractivity contribution in [3.05, 3.63) is 70.5 Å². The quantitative estimate of drug-likeness (QED) is 0.846. The number of benzene rings is 2. The molecule has 0 heterocycles. The summed E-state index contributed by atoms with van der Waals surface area (Å²) in [6, 6.07) is 8.99. The smallest absolute Gasteiger partial charge is 0.352 e. The van der Waals surface area contributed by atoms with E-state index in [0.717, 1.165) is 17.7 Å². The molecule has 2 aromatic rings. The first kappa shape index (κ1) is 17.0. The Morgan fingerprint density at radius 1 is 1.04 bits per heavy atom. The molecule has 2 aromatic carbocycles. The first-order chi connectivity index (χ1) is 10.8. The zero-order valence-corrected chi connectivity index (χ0v) is 12.4. The standard InChI is InChI=1S/C17H15F4NO/c1-11-8-13(4-7-15(11)18)10-22-16(23)9-12-2-5-14(6-3-12)17(19,20)21/h2-8H,9-10H2,1H3,(H,22,23). The predicted molar refractivity (Wildman–Crippen MR) is 78.1 cm³/mol. The van der Waals surface area contributed by atoms with Gasteiger partial charge in [0, 0.05) is 6.54 Å². The van der Waals surface area contributed by atoms with Crippen molar-refractivity contribution >= 4 is 5.91 Å². The molecular formula is C17H15F4NO. The average Bonchev–Trinajstić information content (AvgIpc) is 2.48. The van der Waals surface area contributed by atoms with Gasteiger partial charge < -0.3 is 5.32 Å². The van der Waals surface area contributed by atoms with Crippen LogP contribution in [0.15, 0.2) is 42.5 Å². The minimum absolute atomic E-state index is 0.0156. The summed E-state index contributed by atoms with van der Waals surface area (Å²) in [5.74, 6) is -0.628. The highest BCUT2D eigenvalue weighted by Gasteiger charge is 2.29. The third-order valence-corrected chi connectivity index (χ3v) is 3.36. The number of amides is 1. The third kappa shape index (κ3) is 4.81. The largest absolute Gasteiger partial charge is 0.416 e. The number of nitrogens with one attached hydrogen (secondary N) is 1. The molecule has 6 heteroatoms. The second kappa shape index (κ2) is 6.81. The summed E-state index contributed by atoms with van der Waals surface area (Å²) in [4.78, 5) is 11.8. The molecule has 2 nitrogen and oxygen atoms in total. The van der Waals surface area contributed by atoms with Crippen LogP contribution in [-0.2, 0) is 23.9 Å². The van der Waals surface area contributed by atoms with E-state index in [2.05, 4.69) is 5.32 Å². The van der Waals surface area contributed by atoms with Crippen molar-refractivity contribution in [2.75, 3.05) is 0 Å². The molecule has 0 aliphatic heterocycles. The summed E-state index contributed by atoms with van der Waals surface area (Å²) in [5.41, 5.74) is 0.985. The number of rotatable bonds is 4. The van der Waals surface area contributed by atoms with Crippen LogP contribution in [0.4, 0.5) is 17.6 Å². The summed E-state index contributed by atoms with van der Waals surface area (Å²) >= 11 is 0. The Balaban J connectivity index is 1.90. The van der Waals surface area contributed by atoms with Gasteiger partial charge in [0.15, 0.2) is 0 Å². The van der Waals surface area contributed by atoms with E-state index in [1.165, 1.54) is 18.2 Å². The van der Waals surface area contributed by atoms with Gasteiger partial charge in [-0.05, 0) is 41.8 Å². The normalized spacial score (nSPS) is 11.3. The molecule has 0 radical (unpaired) electrons. The maximum absolute atomic E-state index is 13.1. The molecule has 0 unspecified atom stereocenters. The monoisotopic (exact) mass is 325 g/mol. The van der Waals surface area contributed by atoms with Crippen LogP contribution in [-0.4, -0.2) is 5.91 Å². The molecule has 0 spiro atoms. The van der Waals surface area contributed by atoms with Crippen LogP contribution in [0.3, 0.4) is 0 Å². The Labute approximate surface area is 131 Å². The molecule has 0 saturated carbocycles. The van der Waals surface area contributed by atoms with Crippen LogP contribution in [0.5, 0.6) is 0 Å². The predicted octanol–water partition coefficient (Wildman–Crippen LogP) is 4.01. The topological polar surface area (TPSA) is 29.1 Å². The zero-order valence-electron chi connectivity index (χ0n) is 12.4. The maximum Gasteiger partial charge on any atom is 0.416 e. The molecule has 2 rings (SSSR count). The van der Waals surface area contributed by atoms with Gasteiger partial charge >= 0.3 is 6.18 Å². The molecule has 0 aliphatic carbocycles. The first-order valence-corrected chi connectivity index (χ1v) is 6.93. The van der Waals surface area contributed by atoms with Crippen molar-refractivity contribution in [3.63, 3.8) is 0 Å². The lowest BCUT2D eigenvalue weighted by Gasteiger charge is -2.09. The lowest BCUT2D eigenvalue weighted by Crippen LogP contribution is -2.24. The number of aryl methyl sites for hydroxylation is 1. The summed E-state index contributed by atoms with van der Waals surface area (Å²) in [5, 5.41) is 2.66. The third-order valence-electron chi connectivity index (χ3n) is 3.36. The van der Waals surface area contributed by atoms with Crippen molar-refractivity contribution in [1.29, 1.82) is 0 Å². The summed E-state index contributed by atoms with van der Waals surface area (Å²) < 4.78 is 50.5. The Bertz CT molecular complexity index is 693. The van der Waals surface area contributed by atoms with Crippen molar-refractivity contribution in [1.82, 2.24) is 5.32 Å². The van der Waals surface area contributed by atoms with Crippen LogP contribution in [0.2, 0.25) is 0 Å². The van der Waals surface area contributed by atoms with E-state index in [1.54, 1.807) is 19.1 Å². The number of alkyl halides is 3. The maximum atomic E-state index is 13.1. The highest BCUT2D eigenvalue weighted by atomic mass is 19.4. The second-order valence-corrected chi connectivity index (χ2v) is 5.23. The molecule has 1 amide bonds. The first-order valence-electron chi connectivity index (χ1n) is 6.93. The Morgan fingerprint density at radius 2 is 1.65 bits per heavy atom. The van der Waals surface area contributed by atoms with Crippen LogP contribution in [0, 0.1) is 12.7 Å². The number of carbonyl (C=O) groups excluding carboxylic acids is 1. The van der Waals surface area contributed by atoms with E-state index in [1.807, 2.05) is 0 Å². The van der Waals surface area contributed by atoms with Crippen molar-refractivity contribution in [3.8, 4) is 0 Å². The molecule has 0 saturated heterocycles. The van der Waals surface area contributed by atoms with E-state index in [-0.39, 0.29) is 24.7 Å². The number of hydrogen-bond donors (Lipinski definition) is 1. The number of hydrogen-bond acceptors (Lipinski definition) is 1. The molecule has 0 atom stereocenters. The Hall–Kier alpha value is -2.37. The number of halogens is 4. The van der Waals surface area contributed by atoms with Crippen LogP contribution >= 0.6 is 0 Å². The van der Waals surface area contributed by atoms with Gasteiger partial charge in [0.2, 0.25) is 5.91 Å². The molecule has 122 valence electrons. The molecule has 1 N–H and O–H groups in total. The molecule has 0 bridgehead atoms. The van der Waals surface area contributed by atoms with E-state index in [4.69, 9.17) is 0 Å². The fourth-order valence-corrected chi connectivity index (χ4v) is 2.08. The SMILES string of the molecule is Cc1cc(CNC(=O)Cc2ccc(C(F)(F)F)cc2)ccc1F. The molecule has 0 aromatic heterocycles. The molecule has 0 aliphatic rings. The van der Waals surface area contributed by atoms with E-state index < -0.39 is 11.7 Å². The van der Waals surface area contributed by atoms with E-state index >= 15 is 0 Å². The van der Waals surface area contributed by atoms with Crippen molar-refractivity contribution in [2.24, 2.45) is 0 Å². The van der Waals surface area contributed by atoms with Gasteiger partial charge in [-0.3, -0.25) is 4.79 Å². The Kier molecular flexibility index (Phi) is 5.03. The second-order valence-electron chi connectivity index (χ2n) is 5.23. The van der Waals surface area contributed by atoms with Crippen LogP contribution in [0.25, 0.3) is 0 Å². The summed E-state index contributed by atoms with van der Waals surface area (Å²) in [7, 11) is 0. The highest BCUT2D eigenvalue weighted by Crippen LogP contribution is 2.29. The van der Waals surface area contributed by atoms with Gasteiger partial charge in [0.1, 0.15) is 5.82 Å². The lowest BCUT2D eigenvalue weighted by molar-refractivity contribution is -0.137. The average molecular weight is 325 g/mol. The minimum Gasteiger partial charge on any atom is -0.352 e. The fraction of sp³-hybridized carbons (Fsp3) is 0.235. The minimum atomic E-state index is -4.39.